The summed E-state index contributed by atoms with van der Waals surface area (Å²) >= 11 is 0. The van der Waals surface area contributed by atoms with Gasteiger partial charge in [0.25, 0.3) is 5.91 Å². The van der Waals surface area contributed by atoms with Crippen LogP contribution in [0.1, 0.15) is 23.4 Å². The summed E-state index contributed by atoms with van der Waals surface area (Å²) in [6, 6.07) is 3.37. The number of nitrogens with one attached hydrogen (secondary N) is 1. The quantitative estimate of drug-likeness (QED) is 0.800. The van der Waals surface area contributed by atoms with Crippen molar-refractivity contribution in [1.29, 1.82) is 0 Å². The first-order chi connectivity index (χ1) is 9.72. The Morgan fingerprint density at radius 2 is 1.95 bits per heavy atom. The summed E-state index contributed by atoms with van der Waals surface area (Å²) in [5.41, 5.74) is 0. The van der Waals surface area contributed by atoms with E-state index in [0.29, 0.717) is 38.4 Å². The third-order valence-corrected chi connectivity index (χ3v) is 3.47. The summed E-state index contributed by atoms with van der Waals surface area (Å²) in [4.78, 5) is 27.6. The van der Waals surface area contributed by atoms with E-state index in [-0.39, 0.29) is 11.8 Å². The molecule has 1 N–H and O–H groups in total. The molecular weight excluding hydrogens is 258 g/mol. The van der Waals surface area contributed by atoms with Gasteiger partial charge in [-0.2, -0.15) is 0 Å². The van der Waals surface area contributed by atoms with E-state index in [4.69, 9.17) is 4.42 Å². The maximum Gasteiger partial charge on any atom is 0.289 e. The number of nitrogens with zero attached hydrogens (tertiary/aromatic N) is 2. The Balaban J connectivity index is 1.77. The lowest BCUT2D eigenvalue weighted by atomic mass is 10.2. The van der Waals surface area contributed by atoms with Gasteiger partial charge in [0, 0.05) is 32.6 Å². The number of hydrogen-bond donors (Lipinski definition) is 1. The fourth-order valence-electron chi connectivity index (χ4n) is 2.29. The highest BCUT2D eigenvalue weighted by Gasteiger charge is 2.25. The highest BCUT2D eigenvalue weighted by Crippen LogP contribution is 2.10. The van der Waals surface area contributed by atoms with Crippen LogP contribution in [0.25, 0.3) is 0 Å². The van der Waals surface area contributed by atoms with E-state index in [1.54, 1.807) is 17.0 Å². The minimum atomic E-state index is -0.0997. The van der Waals surface area contributed by atoms with Crippen LogP contribution in [0.15, 0.2) is 22.8 Å². The summed E-state index contributed by atoms with van der Waals surface area (Å²) < 4.78 is 5.11. The second-order valence-corrected chi connectivity index (χ2v) is 4.86. The molecule has 6 nitrogen and oxygen atoms in total. The monoisotopic (exact) mass is 279 g/mol. The molecule has 6 heteroatoms. The first-order valence-corrected chi connectivity index (χ1v) is 6.97. The molecule has 0 saturated carbocycles. The van der Waals surface area contributed by atoms with Gasteiger partial charge in [-0.05, 0) is 32.1 Å². The Bertz CT molecular complexity index is 437. The van der Waals surface area contributed by atoms with Crippen LogP contribution in [0.3, 0.4) is 0 Å². The molecule has 2 rings (SSSR count). The molecule has 2 amide bonds. The topological polar surface area (TPSA) is 65.8 Å². The predicted octanol–water partition coefficient (Wildman–Crippen LogP) is 0.564. The summed E-state index contributed by atoms with van der Waals surface area (Å²) in [6.45, 7) is 3.19. The van der Waals surface area contributed by atoms with Crippen LogP contribution < -0.4 is 5.32 Å². The summed E-state index contributed by atoms with van der Waals surface area (Å²) in [5, 5.41) is 3.03. The van der Waals surface area contributed by atoms with Crippen molar-refractivity contribution in [3.63, 3.8) is 0 Å². The molecule has 0 aliphatic carbocycles. The van der Waals surface area contributed by atoms with Crippen molar-refractivity contribution in [3.05, 3.63) is 24.2 Å². The Labute approximate surface area is 118 Å². The van der Waals surface area contributed by atoms with Gasteiger partial charge in [0.1, 0.15) is 0 Å². The molecule has 0 aromatic carbocycles. The maximum absolute atomic E-state index is 12.1. The summed E-state index contributed by atoms with van der Waals surface area (Å²) in [5.74, 6) is 0.432. The Morgan fingerprint density at radius 3 is 2.55 bits per heavy atom. The molecule has 0 radical (unpaired) electrons. The fourth-order valence-corrected chi connectivity index (χ4v) is 2.29. The van der Waals surface area contributed by atoms with Crippen molar-refractivity contribution in [2.45, 2.75) is 12.8 Å². The van der Waals surface area contributed by atoms with E-state index in [1.807, 2.05) is 11.9 Å². The molecule has 1 fully saturated rings. The molecule has 110 valence electrons. The van der Waals surface area contributed by atoms with Crippen molar-refractivity contribution in [1.82, 2.24) is 15.1 Å². The Morgan fingerprint density at radius 1 is 1.25 bits per heavy atom. The highest BCUT2D eigenvalue weighted by molar-refractivity contribution is 5.91. The predicted molar refractivity (Wildman–Crippen MR) is 74.4 cm³/mol. The van der Waals surface area contributed by atoms with Crippen molar-refractivity contribution in [2.75, 3.05) is 39.8 Å². The lowest BCUT2D eigenvalue weighted by molar-refractivity contribution is -0.132. The van der Waals surface area contributed by atoms with Crippen molar-refractivity contribution in [2.24, 2.45) is 0 Å². The van der Waals surface area contributed by atoms with Crippen LogP contribution in [-0.2, 0) is 4.79 Å². The van der Waals surface area contributed by atoms with E-state index in [2.05, 4.69) is 5.32 Å². The van der Waals surface area contributed by atoms with Crippen LogP contribution in [0.5, 0.6) is 0 Å². The Hall–Kier alpha value is -1.82. The van der Waals surface area contributed by atoms with Gasteiger partial charge in [0.05, 0.1) is 6.26 Å². The van der Waals surface area contributed by atoms with Crippen molar-refractivity contribution in [3.8, 4) is 0 Å². The molecule has 1 aromatic heterocycles. The van der Waals surface area contributed by atoms with Gasteiger partial charge in [-0.25, -0.2) is 0 Å². The molecule has 0 spiro atoms. The minimum Gasteiger partial charge on any atom is -0.459 e. The van der Waals surface area contributed by atoms with Gasteiger partial charge in [-0.3, -0.25) is 9.59 Å². The molecule has 2 heterocycles. The zero-order valence-corrected chi connectivity index (χ0v) is 11.8. The molecule has 20 heavy (non-hydrogen) atoms. The van der Waals surface area contributed by atoms with Crippen LogP contribution >= 0.6 is 0 Å². The lowest BCUT2D eigenvalue weighted by Gasteiger charge is -2.34. The number of carbonyl (C=O) groups excluding carboxylic acids is 2. The number of carbonyl (C=O) groups is 2. The van der Waals surface area contributed by atoms with Crippen LogP contribution in [0, 0.1) is 0 Å². The normalized spacial score (nSPS) is 15.4. The average molecular weight is 279 g/mol. The van der Waals surface area contributed by atoms with E-state index < -0.39 is 0 Å². The van der Waals surface area contributed by atoms with Crippen LogP contribution in [0.4, 0.5) is 0 Å². The van der Waals surface area contributed by atoms with Gasteiger partial charge < -0.3 is 19.5 Å². The Kier molecular flexibility index (Phi) is 5.17. The minimum absolute atomic E-state index is 0.0997. The summed E-state index contributed by atoms with van der Waals surface area (Å²) in [7, 11) is 1.88. The number of amides is 2. The zero-order valence-electron chi connectivity index (χ0n) is 11.8. The molecule has 0 unspecified atom stereocenters. The molecule has 1 aliphatic heterocycles. The molecular formula is C14H21N3O3. The van der Waals surface area contributed by atoms with Gasteiger partial charge in [0.15, 0.2) is 5.76 Å². The van der Waals surface area contributed by atoms with Gasteiger partial charge in [-0.15, -0.1) is 0 Å². The molecule has 1 aliphatic rings. The number of rotatable bonds is 5. The number of hydrogen-bond acceptors (Lipinski definition) is 4. The zero-order chi connectivity index (χ0) is 14.4. The van der Waals surface area contributed by atoms with Crippen LogP contribution in [-0.4, -0.2) is 61.4 Å². The SMILES string of the molecule is CNCCCC(=O)N1CCN(C(=O)c2ccco2)CC1. The van der Waals surface area contributed by atoms with E-state index in [1.165, 1.54) is 6.26 Å². The second kappa shape index (κ2) is 7.09. The third-order valence-electron chi connectivity index (χ3n) is 3.47. The first-order valence-electron chi connectivity index (χ1n) is 6.97. The first kappa shape index (κ1) is 14.6. The third kappa shape index (κ3) is 3.60. The number of piperazine rings is 1. The standard InChI is InChI=1S/C14H21N3O3/c1-15-6-2-5-13(18)16-7-9-17(10-8-16)14(19)12-4-3-11-20-12/h3-4,11,15H,2,5-10H2,1H3. The number of furan rings is 1. The van der Waals surface area contributed by atoms with Crippen LogP contribution in [0.2, 0.25) is 0 Å². The van der Waals surface area contributed by atoms with E-state index in [0.717, 1.165) is 13.0 Å². The van der Waals surface area contributed by atoms with Gasteiger partial charge >= 0.3 is 0 Å². The van der Waals surface area contributed by atoms with Crippen molar-refractivity contribution < 1.29 is 14.0 Å². The molecule has 1 aromatic rings. The van der Waals surface area contributed by atoms with Gasteiger partial charge in [0.2, 0.25) is 5.91 Å². The lowest BCUT2D eigenvalue weighted by Crippen LogP contribution is -2.50. The second-order valence-electron chi connectivity index (χ2n) is 4.86. The molecule has 0 atom stereocenters. The molecule has 0 bridgehead atoms. The molecule has 1 saturated heterocycles. The average Bonchev–Trinajstić information content (AvgIpc) is 3.01. The largest absolute Gasteiger partial charge is 0.459 e. The fraction of sp³-hybridized carbons (Fsp3) is 0.571. The highest BCUT2D eigenvalue weighted by atomic mass is 16.3. The van der Waals surface area contributed by atoms with E-state index >= 15 is 0 Å². The van der Waals surface area contributed by atoms with E-state index in [9.17, 15) is 9.59 Å². The summed E-state index contributed by atoms with van der Waals surface area (Å²) in [6.07, 6.45) is 2.91. The smallest absolute Gasteiger partial charge is 0.289 e. The maximum atomic E-state index is 12.1. The van der Waals surface area contributed by atoms with Crippen molar-refractivity contribution >= 4 is 11.8 Å². The van der Waals surface area contributed by atoms with Gasteiger partial charge in [-0.1, -0.05) is 0 Å².